The molecular weight excluding hydrogens is 268 g/mol. The van der Waals surface area contributed by atoms with Gasteiger partial charge in [0.15, 0.2) is 0 Å². The van der Waals surface area contributed by atoms with Crippen molar-refractivity contribution >= 4 is 11.9 Å². The molecule has 0 saturated heterocycles. The number of rotatable bonds is 0. The number of fused-ring (bicyclic) bond motifs is 2. The second-order valence-corrected chi connectivity index (χ2v) is 5.33. The van der Waals surface area contributed by atoms with Crippen LogP contribution in [0.25, 0.3) is 0 Å². The lowest BCUT2D eigenvalue weighted by Gasteiger charge is -2.09. The topological polar surface area (TPSA) is 52.6 Å². The zero-order valence-electron chi connectivity index (χ0n) is 12.3. The van der Waals surface area contributed by atoms with Crippen LogP contribution in [0, 0.1) is 0 Å². The van der Waals surface area contributed by atoms with E-state index in [1.807, 2.05) is 0 Å². The highest BCUT2D eigenvalue weighted by Gasteiger charge is 2.12. The van der Waals surface area contributed by atoms with Gasteiger partial charge >= 0.3 is 11.9 Å². The maximum absolute atomic E-state index is 11.9. The number of carbonyl (C=O) groups excluding carboxylic acids is 2. The molecule has 0 aliphatic carbocycles. The van der Waals surface area contributed by atoms with Crippen molar-refractivity contribution in [2.24, 2.45) is 0 Å². The van der Waals surface area contributed by atoms with Crippen LogP contribution in [0.15, 0.2) is 24.3 Å². The summed E-state index contributed by atoms with van der Waals surface area (Å²) in [6.07, 6.45) is 7.46. The first-order valence-corrected chi connectivity index (χ1v) is 7.72. The molecule has 0 amide bonds. The molecule has 0 radical (unpaired) electrons. The predicted molar refractivity (Wildman–Crippen MR) is 79.3 cm³/mol. The Hall–Kier alpha value is -1.84. The van der Waals surface area contributed by atoms with Gasteiger partial charge in [-0.05, 0) is 31.0 Å². The van der Waals surface area contributed by atoms with E-state index in [0.717, 1.165) is 38.5 Å². The number of cyclic esters (lactones) is 2. The van der Waals surface area contributed by atoms with Crippen molar-refractivity contribution in [3.63, 3.8) is 0 Å². The van der Waals surface area contributed by atoms with Crippen LogP contribution < -0.4 is 0 Å². The molecule has 0 saturated carbocycles. The van der Waals surface area contributed by atoms with Crippen LogP contribution in [0.3, 0.4) is 0 Å². The van der Waals surface area contributed by atoms with Crippen LogP contribution in [-0.4, -0.2) is 25.2 Å². The molecular formula is C17H22O4. The zero-order chi connectivity index (χ0) is 14.9. The molecule has 0 aromatic heterocycles. The van der Waals surface area contributed by atoms with Crippen molar-refractivity contribution < 1.29 is 19.1 Å². The third kappa shape index (κ3) is 5.21. The van der Waals surface area contributed by atoms with Crippen molar-refractivity contribution in [2.45, 2.75) is 44.9 Å². The molecule has 114 valence electrons. The number of carbonyl (C=O) groups is 2. The zero-order valence-corrected chi connectivity index (χ0v) is 12.3. The van der Waals surface area contributed by atoms with Crippen LogP contribution >= 0.6 is 0 Å². The number of hydrogen-bond donors (Lipinski definition) is 0. The van der Waals surface area contributed by atoms with E-state index in [1.54, 1.807) is 18.2 Å². The quantitative estimate of drug-likeness (QED) is 0.683. The van der Waals surface area contributed by atoms with E-state index in [2.05, 4.69) is 0 Å². The molecule has 0 unspecified atom stereocenters. The van der Waals surface area contributed by atoms with Gasteiger partial charge in [0.05, 0.1) is 24.3 Å². The molecule has 0 fully saturated rings. The number of ether oxygens (including phenoxy) is 2. The molecule has 1 aromatic rings. The lowest BCUT2D eigenvalue weighted by Crippen LogP contribution is -2.10. The summed E-state index contributed by atoms with van der Waals surface area (Å²) >= 11 is 0. The second-order valence-electron chi connectivity index (χ2n) is 5.33. The van der Waals surface area contributed by atoms with Gasteiger partial charge in [-0.1, -0.05) is 38.2 Å². The van der Waals surface area contributed by atoms with Gasteiger partial charge in [0.25, 0.3) is 0 Å². The average Bonchev–Trinajstić information content (AvgIpc) is 2.51. The Morgan fingerprint density at radius 3 is 1.57 bits per heavy atom. The Bertz CT molecular complexity index is 442. The van der Waals surface area contributed by atoms with E-state index in [4.69, 9.17) is 9.47 Å². The van der Waals surface area contributed by atoms with E-state index in [1.165, 1.54) is 12.5 Å². The van der Waals surface area contributed by atoms with E-state index in [9.17, 15) is 9.59 Å². The maximum Gasteiger partial charge on any atom is 0.338 e. The molecule has 4 heteroatoms. The van der Waals surface area contributed by atoms with Gasteiger partial charge in [0.1, 0.15) is 0 Å². The van der Waals surface area contributed by atoms with Crippen molar-refractivity contribution in [3.05, 3.63) is 35.4 Å². The highest BCUT2D eigenvalue weighted by molar-refractivity contribution is 5.95. The fourth-order valence-electron chi connectivity index (χ4n) is 2.36. The monoisotopic (exact) mass is 290 g/mol. The van der Waals surface area contributed by atoms with Gasteiger partial charge in [-0.15, -0.1) is 0 Å². The molecule has 0 spiro atoms. The summed E-state index contributed by atoms with van der Waals surface area (Å²) < 4.78 is 10.5. The molecule has 2 rings (SSSR count). The van der Waals surface area contributed by atoms with Crippen LogP contribution in [0.1, 0.15) is 65.7 Å². The van der Waals surface area contributed by atoms with Crippen molar-refractivity contribution in [1.29, 1.82) is 0 Å². The Kier molecular flexibility index (Phi) is 6.25. The van der Waals surface area contributed by atoms with Gasteiger partial charge < -0.3 is 9.47 Å². The Morgan fingerprint density at radius 1 is 0.667 bits per heavy atom. The van der Waals surface area contributed by atoms with Crippen molar-refractivity contribution in [2.75, 3.05) is 13.2 Å². The Balaban J connectivity index is 2.03. The van der Waals surface area contributed by atoms with Crippen molar-refractivity contribution in [1.82, 2.24) is 0 Å². The molecule has 0 N–H and O–H groups in total. The van der Waals surface area contributed by atoms with Gasteiger partial charge in [0, 0.05) is 0 Å². The summed E-state index contributed by atoms with van der Waals surface area (Å²) in [5, 5.41) is 0. The summed E-state index contributed by atoms with van der Waals surface area (Å²) in [5.74, 6) is -0.756. The van der Waals surface area contributed by atoms with E-state index >= 15 is 0 Å². The first-order chi connectivity index (χ1) is 10.3. The highest BCUT2D eigenvalue weighted by Crippen LogP contribution is 2.12. The van der Waals surface area contributed by atoms with Gasteiger partial charge in [-0.25, -0.2) is 9.59 Å². The van der Waals surface area contributed by atoms with Gasteiger partial charge in [-0.3, -0.25) is 0 Å². The number of hydrogen-bond acceptors (Lipinski definition) is 4. The maximum atomic E-state index is 11.9. The molecule has 4 nitrogen and oxygen atoms in total. The van der Waals surface area contributed by atoms with Gasteiger partial charge in [-0.2, -0.15) is 0 Å². The molecule has 1 aliphatic heterocycles. The lowest BCUT2D eigenvalue weighted by molar-refractivity contribution is 0.0494. The molecule has 1 aliphatic rings. The summed E-state index contributed by atoms with van der Waals surface area (Å²) in [6, 6.07) is 6.53. The largest absolute Gasteiger partial charge is 0.462 e. The molecule has 1 aromatic carbocycles. The van der Waals surface area contributed by atoms with Crippen LogP contribution in [0.5, 0.6) is 0 Å². The SMILES string of the molecule is O=C1OCCCCCCCCCOC(=O)c2cccc1c2. The highest BCUT2D eigenvalue weighted by atomic mass is 16.5. The smallest absolute Gasteiger partial charge is 0.338 e. The molecule has 21 heavy (non-hydrogen) atoms. The minimum Gasteiger partial charge on any atom is -0.462 e. The molecule has 0 atom stereocenters. The van der Waals surface area contributed by atoms with Crippen LogP contribution in [0.4, 0.5) is 0 Å². The average molecular weight is 290 g/mol. The van der Waals surface area contributed by atoms with E-state index in [-0.39, 0.29) is 11.9 Å². The standard InChI is InChI=1S/C17H22O4/c18-16-14-9-8-10-15(13-14)17(19)21-12-7-5-3-1-2-4-6-11-20-16/h8-10,13H,1-7,11-12H2. The van der Waals surface area contributed by atoms with Crippen molar-refractivity contribution in [3.8, 4) is 0 Å². The Labute approximate surface area is 125 Å². The van der Waals surface area contributed by atoms with E-state index < -0.39 is 0 Å². The summed E-state index contributed by atoms with van der Waals surface area (Å²) in [5.41, 5.74) is 0.799. The minimum atomic E-state index is -0.378. The summed E-state index contributed by atoms with van der Waals surface area (Å²) in [7, 11) is 0. The fourth-order valence-corrected chi connectivity index (χ4v) is 2.36. The third-order valence-corrected chi connectivity index (χ3v) is 3.59. The summed E-state index contributed by atoms with van der Waals surface area (Å²) in [6.45, 7) is 0.876. The molecule has 2 bridgehead atoms. The third-order valence-electron chi connectivity index (χ3n) is 3.59. The molecule has 1 heterocycles. The minimum absolute atomic E-state index is 0.378. The Morgan fingerprint density at radius 2 is 1.10 bits per heavy atom. The lowest BCUT2D eigenvalue weighted by atomic mass is 10.1. The first kappa shape index (κ1) is 15.5. The van der Waals surface area contributed by atoms with Crippen LogP contribution in [0.2, 0.25) is 0 Å². The second kappa shape index (κ2) is 8.45. The fraction of sp³-hybridized carbons (Fsp3) is 0.529. The van der Waals surface area contributed by atoms with Gasteiger partial charge in [0.2, 0.25) is 0 Å². The normalized spacial score (nSPS) is 18.7. The number of esters is 2. The first-order valence-electron chi connectivity index (χ1n) is 7.72. The summed E-state index contributed by atoms with van der Waals surface area (Å²) in [4.78, 5) is 23.8. The predicted octanol–water partition coefficient (Wildman–Crippen LogP) is 3.74. The van der Waals surface area contributed by atoms with Crippen LogP contribution in [-0.2, 0) is 9.47 Å². The number of benzene rings is 1. The van der Waals surface area contributed by atoms with E-state index in [0.29, 0.717) is 24.3 Å².